The summed E-state index contributed by atoms with van der Waals surface area (Å²) >= 11 is 0. The third kappa shape index (κ3) is 5.48. The van der Waals surface area contributed by atoms with Crippen LogP contribution in [-0.4, -0.2) is 27.7 Å². The van der Waals surface area contributed by atoms with E-state index in [2.05, 4.69) is 16.0 Å². The number of carbonyl (C=O) groups excluding carboxylic acids is 2. The molecule has 0 aliphatic rings. The first kappa shape index (κ1) is 22.0. The predicted octanol–water partition coefficient (Wildman–Crippen LogP) is 3.18. The molecule has 0 radical (unpaired) electrons. The van der Waals surface area contributed by atoms with Crippen LogP contribution in [-0.2, 0) is 16.0 Å². The maximum absolute atomic E-state index is 13.6. The first-order chi connectivity index (χ1) is 14.9. The van der Waals surface area contributed by atoms with Crippen LogP contribution in [0.4, 0.5) is 4.39 Å². The van der Waals surface area contributed by atoms with Crippen molar-refractivity contribution in [1.82, 2.24) is 20.6 Å². The number of nitrogens with zero attached hydrogens (tertiary/aromatic N) is 2. The second-order valence-electron chi connectivity index (χ2n) is 7.12. The van der Waals surface area contributed by atoms with E-state index in [1.165, 1.54) is 25.1 Å². The number of halogens is 1. The zero-order chi connectivity index (χ0) is 22.4. The molecule has 0 saturated heterocycles. The number of carbonyl (C=O) groups is 2. The van der Waals surface area contributed by atoms with Gasteiger partial charge in [0.15, 0.2) is 17.7 Å². The van der Waals surface area contributed by atoms with Crippen LogP contribution < -0.4 is 15.6 Å². The van der Waals surface area contributed by atoms with Gasteiger partial charge in [0.25, 0.3) is 5.91 Å². The highest BCUT2D eigenvalue weighted by Gasteiger charge is 2.18. The van der Waals surface area contributed by atoms with E-state index in [1.807, 2.05) is 48.9 Å². The number of rotatable bonds is 7. The summed E-state index contributed by atoms with van der Waals surface area (Å²) in [6, 6.07) is 15.6. The van der Waals surface area contributed by atoms with Crippen molar-refractivity contribution >= 4 is 11.8 Å². The van der Waals surface area contributed by atoms with Gasteiger partial charge in [0, 0.05) is 12.1 Å². The van der Waals surface area contributed by atoms with Crippen molar-refractivity contribution in [1.29, 1.82) is 0 Å². The SMILES string of the molecule is Cc1nn(-c2ccccc2)c(C)c1CCC(=O)NNC(=O)[C@H](C)Oc1ccccc1F. The number of hydrogen-bond acceptors (Lipinski definition) is 4. The Kier molecular flexibility index (Phi) is 7.02. The largest absolute Gasteiger partial charge is 0.478 e. The fourth-order valence-electron chi connectivity index (χ4n) is 3.18. The molecule has 0 unspecified atom stereocenters. The molecule has 0 bridgehead atoms. The van der Waals surface area contributed by atoms with Crippen LogP contribution in [0.1, 0.15) is 30.3 Å². The maximum Gasteiger partial charge on any atom is 0.279 e. The summed E-state index contributed by atoms with van der Waals surface area (Å²) < 4.78 is 20.8. The molecule has 31 heavy (non-hydrogen) atoms. The third-order valence-corrected chi connectivity index (χ3v) is 4.88. The standard InChI is InChI=1S/C23H25FN4O3/c1-15-19(16(2)28(27-15)18-9-5-4-6-10-18)13-14-22(29)25-26-23(30)17(3)31-21-12-8-7-11-20(21)24/h4-12,17H,13-14H2,1-3H3,(H,25,29)(H,26,30)/t17-/m0/s1. The molecule has 0 aliphatic carbocycles. The molecule has 162 valence electrons. The molecule has 2 amide bonds. The van der Waals surface area contributed by atoms with Crippen molar-refractivity contribution < 1.29 is 18.7 Å². The van der Waals surface area contributed by atoms with Crippen molar-refractivity contribution in [2.24, 2.45) is 0 Å². The van der Waals surface area contributed by atoms with Gasteiger partial charge in [-0.3, -0.25) is 20.4 Å². The number of benzene rings is 2. The first-order valence-electron chi connectivity index (χ1n) is 9.97. The Balaban J connectivity index is 1.51. The van der Waals surface area contributed by atoms with E-state index in [9.17, 15) is 14.0 Å². The number of hydrogen-bond donors (Lipinski definition) is 2. The van der Waals surface area contributed by atoms with Crippen LogP contribution >= 0.6 is 0 Å². The summed E-state index contributed by atoms with van der Waals surface area (Å²) in [5.74, 6) is -1.52. The van der Waals surface area contributed by atoms with E-state index in [4.69, 9.17) is 4.74 Å². The zero-order valence-corrected chi connectivity index (χ0v) is 17.7. The molecule has 3 rings (SSSR count). The van der Waals surface area contributed by atoms with Gasteiger partial charge in [0.2, 0.25) is 5.91 Å². The van der Waals surface area contributed by atoms with Crippen LogP contribution in [0.2, 0.25) is 0 Å². The van der Waals surface area contributed by atoms with Gasteiger partial charge in [-0.2, -0.15) is 5.10 Å². The van der Waals surface area contributed by atoms with E-state index in [1.54, 1.807) is 6.07 Å². The van der Waals surface area contributed by atoms with Crippen LogP contribution in [0.5, 0.6) is 5.75 Å². The van der Waals surface area contributed by atoms with Gasteiger partial charge in [-0.1, -0.05) is 30.3 Å². The minimum Gasteiger partial charge on any atom is -0.478 e. The summed E-state index contributed by atoms with van der Waals surface area (Å²) in [6.07, 6.45) is -0.329. The van der Waals surface area contributed by atoms with Gasteiger partial charge < -0.3 is 4.74 Å². The van der Waals surface area contributed by atoms with Crippen LogP contribution in [0.15, 0.2) is 54.6 Å². The number of nitrogens with one attached hydrogen (secondary N) is 2. The lowest BCUT2D eigenvalue weighted by atomic mass is 10.1. The normalized spacial score (nSPS) is 11.6. The van der Waals surface area contributed by atoms with E-state index in [-0.39, 0.29) is 18.1 Å². The predicted molar refractivity (Wildman–Crippen MR) is 114 cm³/mol. The summed E-state index contributed by atoms with van der Waals surface area (Å²) in [5, 5.41) is 4.57. The molecule has 1 aromatic heterocycles. The van der Waals surface area contributed by atoms with Crippen molar-refractivity contribution in [2.45, 2.75) is 39.7 Å². The van der Waals surface area contributed by atoms with E-state index < -0.39 is 17.8 Å². The smallest absolute Gasteiger partial charge is 0.279 e. The summed E-state index contributed by atoms with van der Waals surface area (Å²) in [6.45, 7) is 5.34. The molecule has 7 nitrogen and oxygen atoms in total. The van der Waals surface area contributed by atoms with Gasteiger partial charge in [-0.05, 0) is 57.0 Å². The number of amides is 2. The Morgan fingerprint density at radius 3 is 2.45 bits per heavy atom. The van der Waals surface area contributed by atoms with Gasteiger partial charge in [0.1, 0.15) is 0 Å². The fourth-order valence-corrected chi connectivity index (χ4v) is 3.18. The first-order valence-corrected chi connectivity index (χ1v) is 9.97. The molecule has 2 N–H and O–H groups in total. The quantitative estimate of drug-likeness (QED) is 0.571. The molecule has 1 heterocycles. The second kappa shape index (κ2) is 9.88. The van der Waals surface area contributed by atoms with Crippen LogP contribution in [0.3, 0.4) is 0 Å². The molecular weight excluding hydrogens is 399 g/mol. The lowest BCUT2D eigenvalue weighted by molar-refractivity contribution is -0.132. The summed E-state index contributed by atoms with van der Waals surface area (Å²) in [5.41, 5.74) is 8.44. The van der Waals surface area contributed by atoms with E-state index >= 15 is 0 Å². The van der Waals surface area contributed by atoms with Gasteiger partial charge >= 0.3 is 0 Å². The van der Waals surface area contributed by atoms with Gasteiger partial charge in [-0.15, -0.1) is 0 Å². The molecule has 1 atom stereocenters. The Hall–Kier alpha value is -3.68. The highest BCUT2D eigenvalue weighted by atomic mass is 19.1. The summed E-state index contributed by atoms with van der Waals surface area (Å²) in [4.78, 5) is 24.3. The Morgan fingerprint density at radius 1 is 1.06 bits per heavy atom. The van der Waals surface area contributed by atoms with E-state index in [0.29, 0.717) is 6.42 Å². The molecule has 0 spiro atoms. The lowest BCUT2D eigenvalue weighted by Crippen LogP contribution is -2.47. The summed E-state index contributed by atoms with van der Waals surface area (Å²) in [7, 11) is 0. The van der Waals surface area contributed by atoms with Crippen molar-refractivity contribution in [3.8, 4) is 11.4 Å². The highest BCUT2D eigenvalue weighted by molar-refractivity contribution is 5.84. The molecule has 3 aromatic rings. The Labute approximate surface area is 180 Å². The molecule has 0 aliphatic heterocycles. The fraction of sp³-hybridized carbons (Fsp3) is 0.261. The van der Waals surface area contributed by atoms with E-state index in [0.717, 1.165) is 22.6 Å². The molecule has 0 saturated carbocycles. The second-order valence-corrected chi connectivity index (χ2v) is 7.12. The minimum atomic E-state index is -0.981. The average Bonchev–Trinajstić information content (AvgIpc) is 3.06. The highest BCUT2D eigenvalue weighted by Crippen LogP contribution is 2.19. The van der Waals surface area contributed by atoms with Crippen molar-refractivity contribution in [3.05, 3.63) is 77.4 Å². The number of hydrazine groups is 1. The van der Waals surface area contributed by atoms with Gasteiger partial charge in [-0.25, -0.2) is 9.07 Å². The monoisotopic (exact) mass is 424 g/mol. The molecule has 8 heteroatoms. The molecule has 0 fully saturated rings. The minimum absolute atomic E-state index is 0.0298. The molecular formula is C23H25FN4O3. The Morgan fingerprint density at radius 2 is 1.74 bits per heavy atom. The van der Waals surface area contributed by atoms with Crippen molar-refractivity contribution in [2.75, 3.05) is 0 Å². The zero-order valence-electron chi connectivity index (χ0n) is 17.7. The Bertz CT molecular complexity index is 1070. The lowest BCUT2D eigenvalue weighted by Gasteiger charge is -2.15. The van der Waals surface area contributed by atoms with Crippen molar-refractivity contribution in [3.63, 3.8) is 0 Å². The van der Waals surface area contributed by atoms with Crippen LogP contribution in [0, 0.1) is 19.7 Å². The average molecular weight is 424 g/mol. The van der Waals surface area contributed by atoms with Crippen LogP contribution in [0.25, 0.3) is 5.69 Å². The maximum atomic E-state index is 13.6. The number of ether oxygens (including phenoxy) is 1. The van der Waals surface area contributed by atoms with Gasteiger partial charge in [0.05, 0.1) is 11.4 Å². The number of aromatic nitrogens is 2. The number of para-hydroxylation sites is 2. The topological polar surface area (TPSA) is 85.3 Å². The third-order valence-electron chi connectivity index (χ3n) is 4.88. The molecule has 2 aromatic carbocycles. The number of aryl methyl sites for hydroxylation is 1.